The van der Waals surface area contributed by atoms with E-state index in [1.54, 1.807) is 30.8 Å². The third-order valence-corrected chi connectivity index (χ3v) is 5.07. The summed E-state index contributed by atoms with van der Waals surface area (Å²) in [7, 11) is 0. The molecule has 1 saturated heterocycles. The number of cyclic esters (lactones) is 1. The van der Waals surface area contributed by atoms with E-state index < -0.39 is 6.09 Å². The number of carbonyl (C=O) groups is 1. The fourth-order valence-electron chi connectivity index (χ4n) is 2.85. The highest BCUT2D eigenvalue weighted by molar-refractivity contribution is 8.02. The number of ether oxygens (including phenoxy) is 1. The van der Waals surface area contributed by atoms with Gasteiger partial charge in [-0.15, -0.1) is 11.8 Å². The number of rotatable bonds is 4. The molecule has 0 saturated carbocycles. The summed E-state index contributed by atoms with van der Waals surface area (Å²) in [5.74, 6) is 0.820. The Morgan fingerprint density at radius 2 is 2.38 bits per heavy atom. The van der Waals surface area contributed by atoms with Gasteiger partial charge in [-0.2, -0.15) is 0 Å². The van der Waals surface area contributed by atoms with Crippen molar-refractivity contribution in [2.24, 2.45) is 0 Å². The van der Waals surface area contributed by atoms with Crippen molar-refractivity contribution in [1.29, 1.82) is 0 Å². The van der Waals surface area contributed by atoms with E-state index >= 15 is 0 Å². The molecular weight excluding hydrogens is 347 g/mol. The predicted octanol–water partition coefficient (Wildman–Crippen LogP) is 3.82. The number of hydrogen-bond acceptors (Lipinski definition) is 4. The van der Waals surface area contributed by atoms with Crippen LogP contribution < -0.4 is 10.2 Å². The second-order valence-electron chi connectivity index (χ2n) is 5.85. The van der Waals surface area contributed by atoms with Crippen molar-refractivity contribution in [3.63, 3.8) is 0 Å². The highest BCUT2D eigenvalue weighted by atomic mass is 32.2. The molecule has 2 aliphatic rings. The molecule has 2 atom stereocenters. The Kier molecular flexibility index (Phi) is 5.40. The fourth-order valence-corrected chi connectivity index (χ4v) is 3.76. The van der Waals surface area contributed by atoms with Crippen molar-refractivity contribution < 1.29 is 13.9 Å². The number of nitrogens with one attached hydrogen (secondary N) is 1. The molecule has 3 rings (SSSR count). The van der Waals surface area contributed by atoms with E-state index in [1.807, 2.05) is 11.5 Å². The Morgan fingerprint density at radius 3 is 3.04 bits per heavy atom. The second kappa shape index (κ2) is 7.53. The number of thioether (sulfide) groups is 1. The maximum absolute atomic E-state index is 14.5. The maximum Gasteiger partial charge on any atom is 0.414 e. The van der Waals surface area contributed by atoms with Gasteiger partial charge in [0.1, 0.15) is 11.9 Å². The van der Waals surface area contributed by atoms with Crippen LogP contribution >= 0.6 is 24.0 Å². The minimum Gasteiger partial charge on any atom is -0.442 e. The molecule has 2 heterocycles. The minimum atomic E-state index is -0.454. The molecule has 1 aromatic rings. The van der Waals surface area contributed by atoms with Crippen LogP contribution in [0.25, 0.3) is 0 Å². The van der Waals surface area contributed by atoms with E-state index in [0.29, 0.717) is 29.3 Å². The normalized spacial score (nSPS) is 23.2. The molecule has 0 aliphatic carbocycles. The highest BCUT2D eigenvalue weighted by Gasteiger charge is 2.32. The largest absolute Gasteiger partial charge is 0.442 e. The predicted molar refractivity (Wildman–Crippen MR) is 99.2 cm³/mol. The van der Waals surface area contributed by atoms with Crippen LogP contribution in [0.5, 0.6) is 0 Å². The first-order valence-electron chi connectivity index (χ1n) is 7.85. The molecule has 0 bridgehead atoms. The molecule has 1 amide bonds. The van der Waals surface area contributed by atoms with E-state index in [1.165, 1.54) is 11.0 Å². The van der Waals surface area contributed by atoms with Gasteiger partial charge in [0.05, 0.1) is 23.8 Å². The number of benzene rings is 1. The third-order valence-electron chi connectivity index (χ3n) is 4.10. The molecule has 0 radical (unpaired) electrons. The van der Waals surface area contributed by atoms with Gasteiger partial charge in [0, 0.05) is 5.92 Å². The van der Waals surface area contributed by atoms with Crippen molar-refractivity contribution in [2.45, 2.75) is 25.4 Å². The summed E-state index contributed by atoms with van der Waals surface area (Å²) >= 11 is 6.70. The lowest BCUT2D eigenvalue weighted by molar-refractivity contribution is 0.143. The van der Waals surface area contributed by atoms with Gasteiger partial charge in [-0.25, -0.2) is 9.18 Å². The van der Waals surface area contributed by atoms with Gasteiger partial charge in [-0.1, -0.05) is 24.4 Å². The van der Waals surface area contributed by atoms with Crippen molar-refractivity contribution >= 4 is 40.7 Å². The molecule has 24 heavy (non-hydrogen) atoms. The van der Waals surface area contributed by atoms with Gasteiger partial charge in [-0.3, -0.25) is 4.90 Å². The Bertz CT molecular complexity index is 681. The lowest BCUT2D eigenvalue weighted by atomic mass is 9.95. The van der Waals surface area contributed by atoms with Gasteiger partial charge >= 0.3 is 6.09 Å². The van der Waals surface area contributed by atoms with Crippen LogP contribution in [-0.4, -0.2) is 36.0 Å². The first-order valence-corrected chi connectivity index (χ1v) is 9.30. The molecule has 7 heteroatoms. The zero-order chi connectivity index (χ0) is 17.1. The average Bonchev–Trinajstić information content (AvgIpc) is 2.94. The van der Waals surface area contributed by atoms with E-state index in [4.69, 9.17) is 17.0 Å². The van der Waals surface area contributed by atoms with Crippen LogP contribution in [0.15, 0.2) is 29.7 Å². The highest BCUT2D eigenvalue weighted by Crippen LogP contribution is 2.33. The molecule has 1 aromatic carbocycles. The van der Waals surface area contributed by atoms with Crippen molar-refractivity contribution in [3.05, 3.63) is 41.1 Å². The Morgan fingerprint density at radius 1 is 1.54 bits per heavy atom. The van der Waals surface area contributed by atoms with E-state index in [2.05, 4.69) is 5.32 Å². The van der Waals surface area contributed by atoms with Crippen LogP contribution in [0.4, 0.5) is 14.9 Å². The Labute approximate surface area is 150 Å². The van der Waals surface area contributed by atoms with Crippen LogP contribution in [0.3, 0.4) is 0 Å². The lowest BCUT2D eigenvalue weighted by Crippen LogP contribution is -2.32. The van der Waals surface area contributed by atoms with Crippen LogP contribution in [0.1, 0.15) is 24.8 Å². The summed E-state index contributed by atoms with van der Waals surface area (Å²) in [6.07, 6.45) is 2.21. The second-order valence-corrected chi connectivity index (χ2v) is 7.48. The first-order chi connectivity index (χ1) is 11.5. The fraction of sp³-hybridized carbons (Fsp3) is 0.412. The van der Waals surface area contributed by atoms with E-state index in [0.717, 1.165) is 12.2 Å². The van der Waals surface area contributed by atoms with Crippen LogP contribution in [0.2, 0.25) is 0 Å². The molecule has 1 fully saturated rings. The number of hydrogen-bond donors (Lipinski definition) is 1. The van der Waals surface area contributed by atoms with Crippen molar-refractivity contribution in [1.82, 2.24) is 5.32 Å². The number of nitrogens with zero attached hydrogens (tertiary/aromatic N) is 1. The van der Waals surface area contributed by atoms with E-state index in [9.17, 15) is 9.18 Å². The molecule has 0 spiro atoms. The summed E-state index contributed by atoms with van der Waals surface area (Å²) in [4.78, 5) is 14.1. The van der Waals surface area contributed by atoms with Gasteiger partial charge in [0.25, 0.3) is 0 Å². The van der Waals surface area contributed by atoms with Gasteiger partial charge in [0.15, 0.2) is 0 Å². The van der Waals surface area contributed by atoms with Crippen molar-refractivity contribution in [2.75, 3.05) is 23.7 Å². The zero-order valence-corrected chi connectivity index (χ0v) is 15.0. The number of halogens is 1. The lowest BCUT2D eigenvalue weighted by Gasteiger charge is -2.19. The van der Waals surface area contributed by atoms with Gasteiger partial charge < -0.3 is 10.1 Å². The number of allylic oxidation sites excluding steroid dienone is 1. The van der Waals surface area contributed by atoms with E-state index in [-0.39, 0.29) is 17.8 Å². The summed E-state index contributed by atoms with van der Waals surface area (Å²) in [6.45, 7) is 2.62. The molecular formula is C17H19FN2O2S2. The number of carbonyl (C=O) groups excluding carboxylic acids is 1. The van der Waals surface area contributed by atoms with Gasteiger partial charge in [0.2, 0.25) is 0 Å². The van der Waals surface area contributed by atoms with Crippen molar-refractivity contribution in [3.8, 4) is 0 Å². The Hall–Kier alpha value is -1.60. The van der Waals surface area contributed by atoms with Gasteiger partial charge in [-0.05, 0) is 42.2 Å². The average molecular weight is 366 g/mol. The molecule has 128 valence electrons. The molecule has 4 nitrogen and oxygen atoms in total. The number of amides is 1. The summed E-state index contributed by atoms with van der Waals surface area (Å²) < 4.78 is 19.8. The van der Waals surface area contributed by atoms with Crippen LogP contribution in [0, 0.1) is 5.82 Å². The SMILES string of the molecule is CC(=S)NC[C@H]1CN(c2ccc(C3C=CSCC3)c(F)c2)C(=O)O1. The monoisotopic (exact) mass is 366 g/mol. The number of thiocarbonyl (C=S) groups is 1. The first kappa shape index (κ1) is 17.2. The number of anilines is 1. The topological polar surface area (TPSA) is 41.6 Å². The maximum atomic E-state index is 14.5. The minimum absolute atomic E-state index is 0.105. The molecule has 2 aliphatic heterocycles. The van der Waals surface area contributed by atoms with Crippen LogP contribution in [-0.2, 0) is 4.74 Å². The smallest absolute Gasteiger partial charge is 0.414 e. The third kappa shape index (κ3) is 3.89. The zero-order valence-electron chi connectivity index (χ0n) is 13.3. The standard InChI is InChI=1S/C17H19FN2O2S2/c1-11(23)19-9-14-10-20(17(21)22-14)13-2-3-15(16(18)8-13)12-4-6-24-7-5-12/h2-4,6,8,12,14H,5,7,9-10H2,1H3,(H,19,23)/t12?,14-/m0/s1. The summed E-state index contributed by atoms with van der Waals surface area (Å²) in [6, 6.07) is 4.98. The summed E-state index contributed by atoms with van der Waals surface area (Å²) in [5.41, 5.74) is 1.20. The molecule has 0 aromatic heterocycles. The summed E-state index contributed by atoms with van der Waals surface area (Å²) in [5, 5.41) is 5.01. The quantitative estimate of drug-likeness (QED) is 0.821. The molecule has 1 unspecified atom stereocenters. The Balaban J connectivity index is 1.72. The molecule has 1 N–H and O–H groups in total.